The smallest absolute Gasteiger partial charge is 0.456 e. The van der Waals surface area contributed by atoms with Crippen molar-refractivity contribution in [2.24, 2.45) is 0 Å². The number of allylic oxidation sites excluding steroid dienone is 5. The zero-order valence-corrected chi connectivity index (χ0v) is 47.9. The first-order valence-electron chi connectivity index (χ1n) is 29.8. The van der Waals surface area contributed by atoms with Gasteiger partial charge in [-0.05, 0) is 83.1 Å². The number of carbonyl (C=O) groups is 2. The van der Waals surface area contributed by atoms with E-state index in [1.165, 1.54) is 180 Å². The van der Waals surface area contributed by atoms with Crippen molar-refractivity contribution in [1.82, 2.24) is 5.32 Å². The molecule has 0 saturated carbocycles. The molecule has 70 heavy (non-hydrogen) atoms. The molecule has 0 heterocycles. The number of quaternary nitrogens is 1. The van der Waals surface area contributed by atoms with Crippen molar-refractivity contribution in [3.8, 4) is 0 Å². The number of amides is 1. The van der Waals surface area contributed by atoms with E-state index >= 15 is 0 Å². The number of unbranched alkanes of at least 4 members (excludes halogenated alkanes) is 34. The predicted molar refractivity (Wildman–Crippen MR) is 300 cm³/mol. The van der Waals surface area contributed by atoms with Gasteiger partial charge in [0, 0.05) is 12.8 Å². The molecule has 9 nitrogen and oxygen atoms in total. The Hall–Kier alpha value is -1.77. The fraction of sp³-hybridized carbons (Fsp3) is 0.867. The molecule has 0 radical (unpaired) electrons. The van der Waals surface area contributed by atoms with Crippen LogP contribution in [0.5, 0.6) is 0 Å². The molecule has 3 atom stereocenters. The first-order valence-corrected chi connectivity index (χ1v) is 31.3. The molecular weight excluding hydrogens is 892 g/mol. The van der Waals surface area contributed by atoms with Crippen LogP contribution >= 0.6 is 7.82 Å². The molecule has 0 aliphatic carbocycles. The third kappa shape index (κ3) is 51.1. The number of phosphoric ester groups is 1. The summed E-state index contributed by atoms with van der Waals surface area (Å²) in [6.07, 6.45) is 59.9. The van der Waals surface area contributed by atoms with E-state index in [4.69, 9.17) is 13.8 Å². The minimum Gasteiger partial charge on any atom is -0.456 e. The summed E-state index contributed by atoms with van der Waals surface area (Å²) in [7, 11) is 1.49. The molecule has 0 spiro atoms. The van der Waals surface area contributed by atoms with Crippen molar-refractivity contribution >= 4 is 19.7 Å². The molecule has 0 aliphatic rings. The summed E-state index contributed by atoms with van der Waals surface area (Å²) in [6.45, 7) is 7.01. The van der Waals surface area contributed by atoms with E-state index in [-0.39, 0.29) is 31.5 Å². The Morgan fingerprint density at radius 1 is 0.486 bits per heavy atom. The van der Waals surface area contributed by atoms with E-state index in [0.717, 1.165) is 70.6 Å². The Morgan fingerprint density at radius 3 is 1.23 bits per heavy atom. The van der Waals surface area contributed by atoms with Crippen molar-refractivity contribution in [3.63, 3.8) is 0 Å². The topological polar surface area (TPSA) is 111 Å². The summed E-state index contributed by atoms with van der Waals surface area (Å²) in [5, 5.41) is 3.04. The number of hydrogen-bond donors (Lipinski definition) is 2. The van der Waals surface area contributed by atoms with Gasteiger partial charge >= 0.3 is 13.8 Å². The lowest BCUT2D eigenvalue weighted by Gasteiger charge is -2.27. The van der Waals surface area contributed by atoms with Crippen molar-refractivity contribution in [1.29, 1.82) is 0 Å². The lowest BCUT2D eigenvalue weighted by Crippen LogP contribution is -2.47. The van der Waals surface area contributed by atoms with Gasteiger partial charge in [-0.3, -0.25) is 18.6 Å². The summed E-state index contributed by atoms with van der Waals surface area (Å²) < 4.78 is 30.6. The van der Waals surface area contributed by atoms with Crippen LogP contribution in [-0.2, 0) is 27.9 Å². The maximum atomic E-state index is 13.5. The van der Waals surface area contributed by atoms with Crippen LogP contribution in [0.3, 0.4) is 0 Å². The number of ether oxygens (including phenoxy) is 1. The van der Waals surface area contributed by atoms with E-state index in [1.54, 1.807) is 0 Å². The van der Waals surface area contributed by atoms with Gasteiger partial charge in [0.25, 0.3) is 0 Å². The van der Waals surface area contributed by atoms with E-state index < -0.39 is 20.0 Å². The van der Waals surface area contributed by atoms with Crippen LogP contribution in [0, 0.1) is 0 Å². The molecule has 0 aromatic carbocycles. The monoisotopic (exact) mass is 1010 g/mol. The highest BCUT2D eigenvalue weighted by Gasteiger charge is 2.30. The van der Waals surface area contributed by atoms with E-state index in [9.17, 15) is 19.0 Å². The zero-order chi connectivity index (χ0) is 51.5. The zero-order valence-electron chi connectivity index (χ0n) is 47.0. The lowest BCUT2D eigenvalue weighted by molar-refractivity contribution is -0.870. The normalized spacial score (nSPS) is 14.0. The van der Waals surface area contributed by atoms with Gasteiger partial charge in [-0.1, -0.05) is 225 Å². The second kappa shape index (κ2) is 50.7. The fourth-order valence-corrected chi connectivity index (χ4v) is 9.37. The van der Waals surface area contributed by atoms with Gasteiger partial charge in [-0.2, -0.15) is 0 Å². The number of likely N-dealkylation sites (N-methyl/N-ethyl adjacent to an activating group) is 1. The standard InChI is InChI=1S/C60H115N2O7P/c1-7-10-13-16-19-22-25-28-30-31-32-35-38-41-44-47-50-53-60(64)69-58(51-48-45-42-39-36-33-27-24-21-18-15-12-9-3)57(56-68-70(65,66)67-55-54-62(4,5)6)61-59(63)52-49-46-43-40-37-34-29-26-23-20-17-14-11-8-2/h28,30,34,37,48,51,57-58H,7-27,29,31-33,35-36,38-47,49-50,52-56H2,1-6H3,(H-,61,63,65,66)/p+1/b30-28+,37-34-,51-48+. The molecule has 0 aliphatic heterocycles. The third-order valence-electron chi connectivity index (χ3n) is 13.3. The van der Waals surface area contributed by atoms with Gasteiger partial charge in [0.1, 0.15) is 19.3 Å². The minimum absolute atomic E-state index is 0.0383. The van der Waals surface area contributed by atoms with E-state index in [2.05, 4.69) is 50.4 Å². The van der Waals surface area contributed by atoms with Crippen molar-refractivity contribution in [2.75, 3.05) is 40.9 Å². The third-order valence-corrected chi connectivity index (χ3v) is 14.3. The molecule has 10 heteroatoms. The first-order chi connectivity index (χ1) is 33.9. The quantitative estimate of drug-likeness (QED) is 0.0205. The molecule has 2 N–H and O–H groups in total. The summed E-state index contributed by atoms with van der Waals surface area (Å²) in [5.74, 6) is -0.520. The molecule has 0 fully saturated rings. The van der Waals surface area contributed by atoms with Crippen molar-refractivity contribution < 1.29 is 37.3 Å². The first kappa shape index (κ1) is 68.2. The van der Waals surface area contributed by atoms with E-state index in [0.29, 0.717) is 17.4 Å². The average molecular weight is 1010 g/mol. The molecule has 0 saturated heterocycles. The maximum Gasteiger partial charge on any atom is 0.472 e. The van der Waals surface area contributed by atoms with Crippen LogP contribution in [0.1, 0.15) is 284 Å². The van der Waals surface area contributed by atoms with Crippen LogP contribution in [0.2, 0.25) is 0 Å². The highest BCUT2D eigenvalue weighted by Crippen LogP contribution is 2.43. The highest BCUT2D eigenvalue weighted by atomic mass is 31.2. The highest BCUT2D eigenvalue weighted by molar-refractivity contribution is 7.47. The molecule has 0 bridgehead atoms. The van der Waals surface area contributed by atoms with Gasteiger partial charge in [-0.25, -0.2) is 4.57 Å². The Morgan fingerprint density at radius 2 is 0.829 bits per heavy atom. The molecule has 0 rings (SSSR count). The summed E-state index contributed by atoms with van der Waals surface area (Å²) >= 11 is 0. The van der Waals surface area contributed by atoms with Gasteiger partial charge in [0.05, 0.1) is 33.8 Å². The van der Waals surface area contributed by atoms with Crippen LogP contribution < -0.4 is 5.32 Å². The largest absolute Gasteiger partial charge is 0.472 e. The summed E-state index contributed by atoms with van der Waals surface area (Å²) in [4.78, 5) is 37.6. The Kier molecular flexibility index (Phi) is 49.5. The van der Waals surface area contributed by atoms with Crippen LogP contribution in [-0.4, -0.2) is 74.3 Å². The van der Waals surface area contributed by atoms with Crippen LogP contribution in [0.25, 0.3) is 0 Å². The number of hydrogen-bond acceptors (Lipinski definition) is 6. The van der Waals surface area contributed by atoms with Gasteiger partial charge in [0.15, 0.2) is 0 Å². The second-order valence-electron chi connectivity index (χ2n) is 21.5. The molecule has 3 unspecified atom stereocenters. The fourth-order valence-electron chi connectivity index (χ4n) is 8.64. The molecule has 1 amide bonds. The van der Waals surface area contributed by atoms with Crippen LogP contribution in [0.4, 0.5) is 0 Å². The number of nitrogens with zero attached hydrogens (tertiary/aromatic N) is 1. The minimum atomic E-state index is -4.45. The van der Waals surface area contributed by atoms with E-state index in [1.807, 2.05) is 33.3 Å². The summed E-state index contributed by atoms with van der Waals surface area (Å²) in [6, 6.07) is -0.854. The number of rotatable bonds is 54. The van der Waals surface area contributed by atoms with Gasteiger partial charge < -0.3 is 19.4 Å². The van der Waals surface area contributed by atoms with Crippen LogP contribution in [0.15, 0.2) is 36.5 Å². The van der Waals surface area contributed by atoms with Gasteiger partial charge in [-0.15, -0.1) is 0 Å². The summed E-state index contributed by atoms with van der Waals surface area (Å²) in [5.41, 5.74) is 0. The Bertz CT molecular complexity index is 1300. The van der Waals surface area contributed by atoms with Crippen molar-refractivity contribution in [3.05, 3.63) is 36.5 Å². The molecule has 0 aromatic rings. The molecule has 0 aromatic heterocycles. The second-order valence-corrected chi connectivity index (χ2v) is 23.0. The number of esters is 1. The maximum absolute atomic E-state index is 13.5. The SMILES string of the molecule is CCCCCCCC/C=C/CCCCCCCCCC(=O)OC(/C=C/CCCCCCCCCCCCC)C(COP(=O)(O)OCC[N+](C)(C)C)NC(=O)CCCCC/C=C\CCCCCCCCC. The Balaban J connectivity index is 5.35. The predicted octanol–water partition coefficient (Wildman–Crippen LogP) is 17.9. The number of phosphoric acid groups is 1. The van der Waals surface area contributed by atoms with Gasteiger partial charge in [0.2, 0.25) is 5.91 Å². The van der Waals surface area contributed by atoms with Crippen molar-refractivity contribution in [2.45, 2.75) is 296 Å². The average Bonchev–Trinajstić information content (AvgIpc) is 3.32. The molecule has 412 valence electrons. The molecular formula is C60H116N2O7P+. The number of carbonyl (C=O) groups excluding carboxylic acids is 2. The lowest BCUT2D eigenvalue weighted by atomic mass is 10.0. The Labute approximate surface area is 434 Å². The number of nitrogens with one attached hydrogen (secondary N) is 1.